The first-order valence-corrected chi connectivity index (χ1v) is 10.6. The molecule has 1 saturated carbocycles. The Balaban J connectivity index is 1.60. The van der Waals surface area contributed by atoms with Crippen LogP contribution in [0, 0.1) is 5.92 Å². The van der Waals surface area contributed by atoms with Crippen molar-refractivity contribution in [1.29, 1.82) is 0 Å². The van der Waals surface area contributed by atoms with E-state index >= 15 is 0 Å². The molecule has 0 N–H and O–H groups in total. The number of rotatable bonds is 7. The van der Waals surface area contributed by atoms with Crippen molar-refractivity contribution in [2.24, 2.45) is 5.92 Å². The Hall–Kier alpha value is -2.09. The molecule has 0 unspecified atom stereocenters. The maximum atomic E-state index is 10.9. The highest BCUT2D eigenvalue weighted by molar-refractivity contribution is 5.86. The molecule has 2 aromatic carbocycles. The second-order valence-corrected chi connectivity index (χ2v) is 8.05. The number of benzene rings is 2. The van der Waals surface area contributed by atoms with Gasteiger partial charge < -0.3 is 9.90 Å². The van der Waals surface area contributed by atoms with E-state index < -0.39 is 5.97 Å². The predicted octanol–water partition coefficient (Wildman–Crippen LogP) is 5.96. The number of carboxylic acids is 1. The summed E-state index contributed by atoms with van der Waals surface area (Å²) in [7, 11) is 0. The van der Waals surface area contributed by atoms with Crippen LogP contribution < -0.4 is 5.11 Å². The van der Waals surface area contributed by atoms with Crippen LogP contribution in [-0.4, -0.2) is 5.97 Å². The molecule has 2 nitrogen and oxygen atoms in total. The number of unbranched alkanes of at least 4 members (excludes halogenated alkanes) is 2. The summed E-state index contributed by atoms with van der Waals surface area (Å²) in [6.07, 6.45) is 12.3. The van der Waals surface area contributed by atoms with Gasteiger partial charge in [0.25, 0.3) is 0 Å². The molecule has 0 aromatic heterocycles. The standard InChI is InChI=1S/C25H32O2/c1-2-3-4-6-19-7-5-8-20(10-9-19)21-11-13-22(14-12-21)23-15-17-24(18-16-23)25(26)27/h11-20H,2-10H2,1H3,(H,26,27)/p-1/t19-,20+/m0/s1. The van der Waals surface area contributed by atoms with Crippen LogP contribution in [0.15, 0.2) is 48.5 Å². The lowest BCUT2D eigenvalue weighted by atomic mass is 9.89. The number of carboxylic acid groups (broad SMARTS) is 1. The summed E-state index contributed by atoms with van der Waals surface area (Å²) in [4.78, 5) is 10.9. The minimum atomic E-state index is -1.13. The van der Waals surface area contributed by atoms with Gasteiger partial charge in [-0.15, -0.1) is 0 Å². The van der Waals surface area contributed by atoms with Crippen LogP contribution in [0.25, 0.3) is 11.1 Å². The Morgan fingerprint density at radius 1 is 0.889 bits per heavy atom. The highest BCUT2D eigenvalue weighted by Crippen LogP contribution is 2.36. The van der Waals surface area contributed by atoms with E-state index in [0.717, 1.165) is 17.0 Å². The van der Waals surface area contributed by atoms with E-state index in [1.807, 2.05) is 12.1 Å². The van der Waals surface area contributed by atoms with E-state index in [1.165, 1.54) is 63.4 Å². The average molecular weight is 364 g/mol. The van der Waals surface area contributed by atoms with Crippen LogP contribution in [0.2, 0.25) is 0 Å². The molecule has 0 amide bonds. The molecule has 0 saturated heterocycles. The lowest BCUT2D eigenvalue weighted by molar-refractivity contribution is -0.255. The summed E-state index contributed by atoms with van der Waals surface area (Å²) in [5.74, 6) is 0.497. The largest absolute Gasteiger partial charge is 0.545 e. The fourth-order valence-electron chi connectivity index (χ4n) is 4.43. The third kappa shape index (κ3) is 5.45. The van der Waals surface area contributed by atoms with E-state index in [2.05, 4.69) is 31.2 Å². The van der Waals surface area contributed by atoms with Crippen LogP contribution >= 0.6 is 0 Å². The first-order valence-electron chi connectivity index (χ1n) is 10.6. The van der Waals surface area contributed by atoms with Crippen LogP contribution in [0.1, 0.15) is 86.6 Å². The Labute approximate surface area is 163 Å². The number of carbonyl (C=O) groups is 1. The second kappa shape index (κ2) is 9.73. The van der Waals surface area contributed by atoms with Crippen molar-refractivity contribution in [2.75, 3.05) is 0 Å². The molecule has 1 aliphatic rings. The first kappa shape index (κ1) is 19.7. The molecule has 0 bridgehead atoms. The fourth-order valence-corrected chi connectivity index (χ4v) is 4.43. The van der Waals surface area contributed by atoms with E-state index in [-0.39, 0.29) is 5.56 Å². The van der Waals surface area contributed by atoms with Gasteiger partial charge in [0.05, 0.1) is 5.97 Å². The van der Waals surface area contributed by atoms with Gasteiger partial charge in [-0.1, -0.05) is 94.0 Å². The van der Waals surface area contributed by atoms with Gasteiger partial charge in [0.15, 0.2) is 0 Å². The molecule has 3 rings (SSSR count). The van der Waals surface area contributed by atoms with E-state index in [1.54, 1.807) is 12.1 Å². The van der Waals surface area contributed by atoms with Gasteiger partial charge >= 0.3 is 0 Å². The van der Waals surface area contributed by atoms with Crippen LogP contribution in [0.3, 0.4) is 0 Å². The third-order valence-corrected chi connectivity index (χ3v) is 6.14. The van der Waals surface area contributed by atoms with Gasteiger partial charge in [0.2, 0.25) is 0 Å². The zero-order valence-corrected chi connectivity index (χ0v) is 16.5. The number of aromatic carboxylic acids is 1. The topological polar surface area (TPSA) is 40.1 Å². The van der Waals surface area contributed by atoms with Gasteiger partial charge in [-0.05, 0) is 53.4 Å². The highest BCUT2D eigenvalue weighted by Gasteiger charge is 2.20. The fraction of sp³-hybridized carbons (Fsp3) is 0.480. The van der Waals surface area contributed by atoms with Gasteiger partial charge in [-0.25, -0.2) is 0 Å². The van der Waals surface area contributed by atoms with Gasteiger partial charge in [-0.2, -0.15) is 0 Å². The zero-order chi connectivity index (χ0) is 19.1. The lowest BCUT2D eigenvalue weighted by Gasteiger charge is -2.16. The monoisotopic (exact) mass is 363 g/mol. The van der Waals surface area contributed by atoms with Crippen LogP contribution in [0.5, 0.6) is 0 Å². The van der Waals surface area contributed by atoms with Crippen molar-refractivity contribution in [2.45, 2.75) is 70.6 Å². The molecule has 2 heteroatoms. The lowest BCUT2D eigenvalue weighted by Crippen LogP contribution is -2.21. The second-order valence-electron chi connectivity index (χ2n) is 8.05. The summed E-state index contributed by atoms with van der Waals surface area (Å²) in [5.41, 5.74) is 3.86. The zero-order valence-electron chi connectivity index (χ0n) is 16.5. The Kier molecular flexibility index (Phi) is 7.09. The molecule has 0 spiro atoms. The molecule has 27 heavy (non-hydrogen) atoms. The molecule has 0 heterocycles. The molecular weight excluding hydrogens is 332 g/mol. The summed E-state index contributed by atoms with van der Waals surface area (Å²) >= 11 is 0. The number of hydrogen-bond donors (Lipinski definition) is 0. The Morgan fingerprint density at radius 3 is 2.19 bits per heavy atom. The van der Waals surface area contributed by atoms with Crippen molar-refractivity contribution in [3.05, 3.63) is 59.7 Å². The molecule has 0 radical (unpaired) electrons. The number of carbonyl (C=O) groups excluding carboxylic acids is 1. The smallest absolute Gasteiger partial charge is 0.0715 e. The van der Waals surface area contributed by atoms with E-state index in [0.29, 0.717) is 5.92 Å². The molecule has 1 aliphatic carbocycles. The van der Waals surface area contributed by atoms with Crippen LogP contribution in [0.4, 0.5) is 0 Å². The normalized spacial score (nSPS) is 20.2. The van der Waals surface area contributed by atoms with E-state index in [9.17, 15) is 9.90 Å². The van der Waals surface area contributed by atoms with Crippen molar-refractivity contribution >= 4 is 5.97 Å². The molecule has 2 atom stereocenters. The number of hydrogen-bond acceptors (Lipinski definition) is 2. The van der Waals surface area contributed by atoms with Crippen molar-refractivity contribution in [3.63, 3.8) is 0 Å². The third-order valence-electron chi connectivity index (χ3n) is 6.14. The van der Waals surface area contributed by atoms with Crippen molar-refractivity contribution in [1.82, 2.24) is 0 Å². The van der Waals surface area contributed by atoms with E-state index in [4.69, 9.17) is 0 Å². The molecule has 2 aromatic rings. The summed E-state index contributed by atoms with van der Waals surface area (Å²) in [6, 6.07) is 15.8. The average Bonchev–Trinajstić information content (AvgIpc) is 2.94. The Morgan fingerprint density at radius 2 is 1.56 bits per heavy atom. The van der Waals surface area contributed by atoms with Crippen molar-refractivity contribution in [3.8, 4) is 11.1 Å². The SMILES string of the molecule is CCCCC[C@H]1CCC[C@@H](c2ccc(-c3ccc(C(=O)[O-])cc3)cc2)CC1. The summed E-state index contributed by atoms with van der Waals surface area (Å²) in [6.45, 7) is 2.28. The van der Waals surface area contributed by atoms with Gasteiger partial charge in [0, 0.05) is 0 Å². The minimum absolute atomic E-state index is 0.224. The maximum Gasteiger partial charge on any atom is 0.0715 e. The summed E-state index contributed by atoms with van der Waals surface area (Å²) < 4.78 is 0. The Bertz CT molecular complexity index is 715. The minimum Gasteiger partial charge on any atom is -0.545 e. The highest BCUT2D eigenvalue weighted by atomic mass is 16.4. The van der Waals surface area contributed by atoms with Gasteiger partial charge in [0.1, 0.15) is 0 Å². The summed E-state index contributed by atoms with van der Waals surface area (Å²) in [5, 5.41) is 10.9. The molecule has 1 fully saturated rings. The molecule has 144 valence electrons. The maximum absolute atomic E-state index is 10.9. The quantitative estimate of drug-likeness (QED) is 0.450. The molecular formula is C25H31O2-. The van der Waals surface area contributed by atoms with Crippen molar-refractivity contribution < 1.29 is 9.90 Å². The molecule has 0 aliphatic heterocycles. The predicted molar refractivity (Wildman–Crippen MR) is 110 cm³/mol. The van der Waals surface area contributed by atoms with Crippen LogP contribution in [-0.2, 0) is 0 Å². The first-order chi connectivity index (χ1) is 13.2. The van der Waals surface area contributed by atoms with Gasteiger partial charge in [-0.3, -0.25) is 0 Å².